The second-order valence-electron chi connectivity index (χ2n) is 3.75. The third-order valence-electron chi connectivity index (χ3n) is 2.33. The molecule has 0 saturated carbocycles. The lowest BCUT2D eigenvalue weighted by Crippen LogP contribution is -2.06. The molecule has 0 amide bonds. The Bertz CT molecular complexity index is 607. The Balaban J connectivity index is 2.20. The lowest BCUT2D eigenvalue weighted by molar-refractivity contribution is -0.137. The zero-order valence-electron chi connectivity index (χ0n) is 9.56. The average Bonchev–Trinajstić information content (AvgIpc) is 2.72. The molecule has 2 rings (SSSR count). The van der Waals surface area contributed by atoms with Gasteiger partial charge in [-0.15, -0.1) is 11.3 Å². The predicted molar refractivity (Wildman–Crippen MR) is 78.6 cm³/mol. The van der Waals surface area contributed by atoms with E-state index in [1.807, 2.05) is 0 Å². The van der Waals surface area contributed by atoms with Gasteiger partial charge in [0.25, 0.3) is 0 Å². The number of aromatic nitrogens is 1. The van der Waals surface area contributed by atoms with Crippen LogP contribution >= 0.6 is 50.5 Å². The van der Waals surface area contributed by atoms with Gasteiger partial charge < -0.3 is 5.32 Å². The summed E-state index contributed by atoms with van der Waals surface area (Å²) in [4.78, 5) is 4.72. The first-order chi connectivity index (χ1) is 9.27. The van der Waals surface area contributed by atoms with E-state index in [0.717, 1.165) is 17.0 Å². The molecule has 1 aromatic heterocycles. The van der Waals surface area contributed by atoms with Crippen LogP contribution in [0.3, 0.4) is 0 Å². The van der Waals surface area contributed by atoms with Gasteiger partial charge in [-0.25, -0.2) is 4.98 Å². The summed E-state index contributed by atoms with van der Waals surface area (Å²) in [5.74, 6) is 0. The van der Waals surface area contributed by atoms with Gasteiger partial charge in [-0.1, -0.05) is 23.2 Å². The van der Waals surface area contributed by atoms with Crippen molar-refractivity contribution in [2.24, 2.45) is 0 Å². The van der Waals surface area contributed by atoms with Crippen molar-refractivity contribution in [2.45, 2.75) is 12.7 Å². The highest BCUT2D eigenvalue weighted by atomic mass is 79.9. The van der Waals surface area contributed by atoms with Crippen molar-refractivity contribution in [3.05, 3.63) is 42.7 Å². The molecular formula is C11H6BrCl2F3N2S. The van der Waals surface area contributed by atoms with Gasteiger partial charge in [0.05, 0.1) is 22.8 Å². The first-order valence-corrected chi connectivity index (χ1v) is 7.54. The molecule has 0 radical (unpaired) electrons. The molecule has 20 heavy (non-hydrogen) atoms. The Morgan fingerprint density at radius 2 is 2.00 bits per heavy atom. The Morgan fingerprint density at radius 3 is 2.50 bits per heavy atom. The quantitative estimate of drug-likeness (QED) is 0.693. The van der Waals surface area contributed by atoms with Crippen LogP contribution in [0.15, 0.2) is 22.8 Å². The summed E-state index contributed by atoms with van der Waals surface area (Å²) in [6, 6.07) is 1.86. The van der Waals surface area contributed by atoms with Gasteiger partial charge in [0.2, 0.25) is 0 Å². The molecule has 0 spiro atoms. The SMILES string of the molecule is FC(F)(F)c1cc(Cl)c(NCc2cnc(Cl)s2)c(Br)c1. The topological polar surface area (TPSA) is 24.9 Å². The van der Waals surface area contributed by atoms with Gasteiger partial charge >= 0.3 is 6.18 Å². The van der Waals surface area contributed by atoms with Gasteiger partial charge in [0, 0.05) is 15.5 Å². The number of alkyl halides is 3. The number of hydrogen-bond donors (Lipinski definition) is 1. The third-order valence-corrected chi connectivity index (χ3v) is 4.37. The van der Waals surface area contributed by atoms with Crippen molar-refractivity contribution >= 4 is 56.2 Å². The molecule has 1 aromatic carbocycles. The van der Waals surface area contributed by atoms with Crippen LogP contribution in [-0.4, -0.2) is 4.98 Å². The van der Waals surface area contributed by atoms with Crippen LogP contribution in [0.2, 0.25) is 9.49 Å². The van der Waals surface area contributed by atoms with Crippen LogP contribution in [0.25, 0.3) is 0 Å². The Kier molecular flexibility index (Phi) is 4.84. The number of hydrogen-bond acceptors (Lipinski definition) is 3. The van der Waals surface area contributed by atoms with Crippen LogP contribution in [0.5, 0.6) is 0 Å². The molecule has 0 saturated heterocycles. The van der Waals surface area contributed by atoms with E-state index >= 15 is 0 Å². The summed E-state index contributed by atoms with van der Waals surface area (Å²) in [5, 5.41) is 2.94. The molecule has 0 bridgehead atoms. The average molecular weight is 406 g/mol. The van der Waals surface area contributed by atoms with Crippen LogP contribution in [0.4, 0.5) is 18.9 Å². The summed E-state index contributed by atoms with van der Waals surface area (Å²) in [7, 11) is 0. The van der Waals surface area contributed by atoms with E-state index < -0.39 is 11.7 Å². The molecule has 0 aliphatic carbocycles. The van der Waals surface area contributed by atoms with Gasteiger partial charge in [-0.2, -0.15) is 13.2 Å². The van der Waals surface area contributed by atoms with Gasteiger partial charge in [-0.3, -0.25) is 0 Å². The number of thiazole rings is 1. The minimum Gasteiger partial charge on any atom is -0.378 e. The van der Waals surface area contributed by atoms with E-state index in [1.165, 1.54) is 11.3 Å². The molecule has 0 atom stereocenters. The van der Waals surface area contributed by atoms with Crippen molar-refractivity contribution in [1.82, 2.24) is 4.98 Å². The van der Waals surface area contributed by atoms with Gasteiger partial charge in [-0.05, 0) is 28.1 Å². The number of halogens is 6. The highest BCUT2D eigenvalue weighted by molar-refractivity contribution is 9.10. The normalized spacial score (nSPS) is 11.7. The van der Waals surface area contributed by atoms with Crippen LogP contribution in [-0.2, 0) is 12.7 Å². The maximum atomic E-state index is 12.6. The molecule has 1 N–H and O–H groups in total. The molecule has 0 aliphatic rings. The second-order valence-corrected chi connectivity index (χ2v) is 6.70. The minimum atomic E-state index is -4.43. The first kappa shape index (κ1) is 15.9. The summed E-state index contributed by atoms with van der Waals surface area (Å²) >= 11 is 15.9. The smallest absolute Gasteiger partial charge is 0.378 e. The number of benzene rings is 1. The molecule has 9 heteroatoms. The molecule has 0 aliphatic heterocycles. The van der Waals surface area contributed by atoms with Crippen molar-refractivity contribution < 1.29 is 13.2 Å². The minimum absolute atomic E-state index is 0.0117. The maximum absolute atomic E-state index is 12.6. The van der Waals surface area contributed by atoms with Gasteiger partial charge in [0.1, 0.15) is 0 Å². The van der Waals surface area contributed by atoms with Crippen molar-refractivity contribution in [1.29, 1.82) is 0 Å². The number of rotatable bonds is 3. The summed E-state index contributed by atoms with van der Waals surface area (Å²) in [6.07, 6.45) is -2.85. The highest BCUT2D eigenvalue weighted by Crippen LogP contribution is 2.38. The fourth-order valence-corrected chi connectivity index (χ4v) is 3.36. The predicted octanol–water partition coefficient (Wildman–Crippen LogP) is 5.84. The molecular weight excluding hydrogens is 400 g/mol. The molecule has 0 fully saturated rings. The van der Waals surface area contributed by atoms with Crippen molar-refractivity contribution in [3.63, 3.8) is 0 Å². The van der Waals surface area contributed by atoms with E-state index in [9.17, 15) is 13.2 Å². The van der Waals surface area contributed by atoms with E-state index in [4.69, 9.17) is 23.2 Å². The van der Waals surface area contributed by atoms with Crippen LogP contribution in [0, 0.1) is 0 Å². The number of nitrogens with one attached hydrogen (secondary N) is 1. The fourth-order valence-electron chi connectivity index (χ4n) is 1.45. The summed E-state index contributed by atoms with van der Waals surface area (Å²) in [6.45, 7) is 0.369. The van der Waals surface area contributed by atoms with E-state index in [0.29, 0.717) is 16.7 Å². The second kappa shape index (κ2) is 6.09. The lowest BCUT2D eigenvalue weighted by atomic mass is 10.2. The lowest BCUT2D eigenvalue weighted by Gasteiger charge is -2.13. The van der Waals surface area contributed by atoms with Crippen LogP contribution < -0.4 is 5.32 Å². The zero-order valence-corrected chi connectivity index (χ0v) is 13.5. The third kappa shape index (κ3) is 3.78. The summed E-state index contributed by atoms with van der Waals surface area (Å²) < 4.78 is 38.5. The standard InChI is InChI=1S/C11H6BrCl2F3N2S/c12-7-1-5(11(15,16)17)2-8(13)9(7)18-3-6-4-19-10(14)20-6/h1-2,4,18H,3H2. The van der Waals surface area contributed by atoms with E-state index in [1.54, 1.807) is 6.20 Å². The van der Waals surface area contributed by atoms with E-state index in [2.05, 4.69) is 26.2 Å². The maximum Gasteiger partial charge on any atom is 0.416 e. The molecule has 2 nitrogen and oxygen atoms in total. The van der Waals surface area contributed by atoms with Gasteiger partial charge in [0.15, 0.2) is 4.47 Å². The molecule has 2 aromatic rings. The largest absolute Gasteiger partial charge is 0.416 e. The monoisotopic (exact) mass is 404 g/mol. The van der Waals surface area contributed by atoms with Crippen LogP contribution in [0.1, 0.15) is 10.4 Å². The molecule has 108 valence electrons. The Morgan fingerprint density at radius 1 is 1.30 bits per heavy atom. The fraction of sp³-hybridized carbons (Fsp3) is 0.182. The number of anilines is 1. The highest BCUT2D eigenvalue weighted by Gasteiger charge is 2.31. The van der Waals surface area contributed by atoms with E-state index in [-0.39, 0.29) is 9.50 Å². The summed E-state index contributed by atoms with van der Waals surface area (Å²) in [5.41, 5.74) is -0.412. The molecule has 1 heterocycles. The van der Waals surface area contributed by atoms with Crippen molar-refractivity contribution in [3.8, 4) is 0 Å². The number of nitrogens with zero attached hydrogens (tertiary/aromatic N) is 1. The Hall–Kier alpha value is -0.500. The van der Waals surface area contributed by atoms with Crippen molar-refractivity contribution in [2.75, 3.05) is 5.32 Å². The zero-order chi connectivity index (χ0) is 14.9. The molecule has 0 unspecified atom stereocenters. The first-order valence-electron chi connectivity index (χ1n) is 5.17. The Labute approximate surface area is 135 Å².